The van der Waals surface area contributed by atoms with Crippen LogP contribution in [0.3, 0.4) is 0 Å². The quantitative estimate of drug-likeness (QED) is 0.518. The number of rotatable bonds is 1. The normalized spacial score (nSPS) is 21.9. The van der Waals surface area contributed by atoms with E-state index in [4.69, 9.17) is 0 Å². The van der Waals surface area contributed by atoms with Crippen LogP contribution in [0.1, 0.15) is 6.42 Å². The summed E-state index contributed by atoms with van der Waals surface area (Å²) in [5, 5.41) is 0. The predicted octanol–water partition coefficient (Wildman–Crippen LogP) is -0.560. The average Bonchev–Trinajstić information content (AvgIpc) is 2.12. The summed E-state index contributed by atoms with van der Waals surface area (Å²) in [6, 6.07) is 0. The molecule has 0 N–H and O–H groups in total. The Morgan fingerprint density at radius 1 is 1.36 bits per heavy atom. The van der Waals surface area contributed by atoms with Crippen molar-refractivity contribution >= 4 is 18.7 Å². The number of hydrogen-bond donors (Lipinski definition) is 0. The third-order valence-electron chi connectivity index (χ3n) is 1.28. The maximum absolute atomic E-state index is 11.7. The average molecular weight is 206 g/mol. The number of thioether (sulfide) groups is 1. The number of halogens is 3. The SMILES string of the molecule is F[B-](F)(F)/C=C1/CCSC1.[K+]. The van der Waals surface area contributed by atoms with Gasteiger partial charge in [0, 0.05) is 5.75 Å². The second-order valence-electron chi connectivity index (χ2n) is 2.25. The van der Waals surface area contributed by atoms with Crippen LogP contribution < -0.4 is 51.4 Å². The molecule has 0 nitrogen and oxygen atoms in total. The van der Waals surface area contributed by atoms with Gasteiger partial charge in [0.1, 0.15) is 0 Å². The summed E-state index contributed by atoms with van der Waals surface area (Å²) in [6.45, 7) is -4.69. The molecular weight excluding hydrogens is 199 g/mol. The monoisotopic (exact) mass is 206 g/mol. The minimum Gasteiger partial charge on any atom is -0.445 e. The van der Waals surface area contributed by atoms with Crippen molar-refractivity contribution in [3.8, 4) is 0 Å². The van der Waals surface area contributed by atoms with E-state index in [0.717, 1.165) is 5.75 Å². The number of hydrogen-bond acceptors (Lipinski definition) is 1. The zero-order valence-electron chi connectivity index (χ0n) is 6.32. The van der Waals surface area contributed by atoms with Crippen LogP contribution in [0.4, 0.5) is 12.9 Å². The second kappa shape index (κ2) is 5.34. The minimum atomic E-state index is -4.69. The molecule has 1 heterocycles. The Labute approximate surface area is 111 Å². The van der Waals surface area contributed by atoms with Crippen molar-refractivity contribution in [1.29, 1.82) is 0 Å². The Bertz CT molecular complexity index is 148. The van der Waals surface area contributed by atoms with Gasteiger partial charge in [0.15, 0.2) is 0 Å². The van der Waals surface area contributed by atoms with Crippen molar-refractivity contribution in [2.75, 3.05) is 11.5 Å². The maximum atomic E-state index is 11.7. The summed E-state index contributed by atoms with van der Waals surface area (Å²) >= 11 is 1.56. The third-order valence-corrected chi connectivity index (χ3v) is 2.35. The first kappa shape index (κ1) is 12.6. The molecule has 1 aliphatic heterocycles. The molecule has 0 unspecified atom stereocenters. The molecule has 1 aliphatic rings. The van der Waals surface area contributed by atoms with E-state index in [-0.39, 0.29) is 51.4 Å². The zero-order chi connectivity index (χ0) is 7.61. The molecule has 0 amide bonds. The van der Waals surface area contributed by atoms with Crippen LogP contribution in [0.2, 0.25) is 0 Å². The molecule has 58 valence electrons. The summed E-state index contributed by atoms with van der Waals surface area (Å²) in [5.41, 5.74) is 0.553. The van der Waals surface area contributed by atoms with Gasteiger partial charge >= 0.3 is 58.4 Å². The smallest absolute Gasteiger partial charge is 0.445 e. The molecule has 1 rings (SSSR count). The van der Waals surface area contributed by atoms with E-state index in [1.807, 2.05) is 0 Å². The summed E-state index contributed by atoms with van der Waals surface area (Å²) in [4.78, 5) is 0. The van der Waals surface area contributed by atoms with E-state index in [2.05, 4.69) is 0 Å². The first-order valence-electron chi connectivity index (χ1n) is 3.06. The van der Waals surface area contributed by atoms with Gasteiger partial charge in [0.25, 0.3) is 0 Å². The fourth-order valence-electron chi connectivity index (χ4n) is 0.877. The molecule has 6 heteroatoms. The Hall–Kier alpha value is 1.58. The fourth-order valence-corrected chi connectivity index (χ4v) is 1.93. The van der Waals surface area contributed by atoms with Gasteiger partial charge < -0.3 is 12.9 Å². The van der Waals surface area contributed by atoms with E-state index < -0.39 is 6.98 Å². The summed E-state index contributed by atoms with van der Waals surface area (Å²) in [5.74, 6) is 1.90. The first-order valence-corrected chi connectivity index (χ1v) is 4.22. The Morgan fingerprint density at radius 2 is 2.00 bits per heavy atom. The molecule has 0 bridgehead atoms. The van der Waals surface area contributed by atoms with Gasteiger partial charge in [-0.2, -0.15) is 11.8 Å². The Morgan fingerprint density at radius 3 is 2.36 bits per heavy atom. The van der Waals surface area contributed by atoms with Crippen LogP contribution >= 0.6 is 11.8 Å². The Kier molecular flexibility index (Phi) is 6.11. The molecule has 1 saturated heterocycles. The fraction of sp³-hybridized carbons (Fsp3) is 0.600. The van der Waals surface area contributed by atoms with E-state index >= 15 is 0 Å². The summed E-state index contributed by atoms with van der Waals surface area (Å²) in [7, 11) is 0. The molecule has 0 aromatic rings. The molecule has 11 heavy (non-hydrogen) atoms. The van der Waals surface area contributed by atoms with Crippen molar-refractivity contribution in [3.05, 3.63) is 11.5 Å². The van der Waals surface area contributed by atoms with Crippen LogP contribution in [0, 0.1) is 0 Å². The van der Waals surface area contributed by atoms with Crippen LogP contribution in [-0.4, -0.2) is 18.5 Å². The first-order chi connectivity index (χ1) is 4.58. The largest absolute Gasteiger partial charge is 1.00 e. The van der Waals surface area contributed by atoms with Gasteiger partial charge in [-0.25, -0.2) is 0 Å². The summed E-state index contributed by atoms with van der Waals surface area (Å²) < 4.78 is 35.1. The van der Waals surface area contributed by atoms with Gasteiger partial charge in [-0.1, -0.05) is 5.57 Å². The van der Waals surface area contributed by atoms with Crippen molar-refractivity contribution in [2.24, 2.45) is 0 Å². The topological polar surface area (TPSA) is 0 Å². The van der Waals surface area contributed by atoms with Gasteiger partial charge in [-0.05, 0) is 12.2 Å². The van der Waals surface area contributed by atoms with E-state index in [0.29, 0.717) is 23.7 Å². The zero-order valence-corrected chi connectivity index (χ0v) is 10.3. The van der Waals surface area contributed by atoms with Crippen molar-refractivity contribution < 1.29 is 64.3 Å². The van der Waals surface area contributed by atoms with Gasteiger partial charge in [0.2, 0.25) is 0 Å². The maximum Gasteiger partial charge on any atom is 1.00 e. The molecule has 0 aromatic carbocycles. The van der Waals surface area contributed by atoms with Crippen LogP contribution in [0.25, 0.3) is 0 Å². The van der Waals surface area contributed by atoms with Crippen molar-refractivity contribution in [2.45, 2.75) is 6.42 Å². The minimum absolute atomic E-state index is 0. The third kappa shape index (κ3) is 5.76. The predicted molar refractivity (Wildman–Crippen MR) is 39.1 cm³/mol. The van der Waals surface area contributed by atoms with E-state index in [1.54, 1.807) is 11.8 Å². The molecule has 1 fully saturated rings. The molecular formula is C5H7BF3KS. The molecule has 0 atom stereocenters. The van der Waals surface area contributed by atoms with Crippen LogP contribution in [-0.2, 0) is 0 Å². The molecule has 0 aliphatic carbocycles. The molecule has 0 spiro atoms. The second-order valence-corrected chi connectivity index (χ2v) is 3.36. The van der Waals surface area contributed by atoms with E-state index in [1.165, 1.54) is 0 Å². The van der Waals surface area contributed by atoms with Gasteiger partial charge in [0.05, 0.1) is 0 Å². The molecule has 0 saturated carbocycles. The van der Waals surface area contributed by atoms with Crippen molar-refractivity contribution in [3.63, 3.8) is 0 Å². The standard InChI is InChI=1S/C5H7BF3S.K/c7-6(8,9)3-5-1-2-10-4-5;/h3H,1-2,4H2;/q-1;+1/b5-3-;. The molecule has 0 radical (unpaired) electrons. The van der Waals surface area contributed by atoms with E-state index in [9.17, 15) is 12.9 Å². The van der Waals surface area contributed by atoms with Gasteiger partial charge in [-0.15, -0.1) is 5.98 Å². The van der Waals surface area contributed by atoms with Gasteiger partial charge in [-0.3, -0.25) is 0 Å². The molecule has 0 aromatic heterocycles. The Balaban J connectivity index is 0.000001000. The summed E-state index contributed by atoms with van der Waals surface area (Å²) in [6.07, 6.45) is 0.617. The van der Waals surface area contributed by atoms with Crippen molar-refractivity contribution in [1.82, 2.24) is 0 Å². The van der Waals surface area contributed by atoms with Crippen LogP contribution in [0.15, 0.2) is 11.5 Å². The van der Waals surface area contributed by atoms with Crippen LogP contribution in [0.5, 0.6) is 0 Å².